The van der Waals surface area contributed by atoms with Crippen molar-refractivity contribution in [3.05, 3.63) is 28.2 Å². The molecule has 130 valence electrons. The highest BCUT2D eigenvalue weighted by Gasteiger charge is 2.37. The van der Waals surface area contributed by atoms with Crippen molar-refractivity contribution in [3.63, 3.8) is 0 Å². The summed E-state index contributed by atoms with van der Waals surface area (Å²) in [5, 5.41) is 0. The third kappa shape index (κ3) is 3.14. The first-order chi connectivity index (χ1) is 11.6. The highest BCUT2D eigenvalue weighted by Crippen LogP contribution is 2.23. The molecule has 1 amide bonds. The number of aromatic nitrogens is 1. The highest BCUT2D eigenvalue weighted by atomic mass is 16.5. The third-order valence-electron chi connectivity index (χ3n) is 4.14. The molecule has 0 bridgehead atoms. The minimum atomic E-state index is -0.494. The second-order valence-corrected chi connectivity index (χ2v) is 5.88. The molecule has 0 spiro atoms. The van der Waals surface area contributed by atoms with E-state index in [1.165, 1.54) is 16.9 Å². The number of morpholine rings is 1. The number of pyridine rings is 1. The van der Waals surface area contributed by atoms with E-state index in [0.717, 1.165) is 12.8 Å². The first-order valence-electron chi connectivity index (χ1n) is 8.23. The molecule has 0 saturated carbocycles. The average Bonchev–Trinajstić information content (AvgIpc) is 2.58. The number of hydrogen-bond acceptors (Lipinski definition) is 6. The van der Waals surface area contributed by atoms with Crippen LogP contribution in [0.25, 0.3) is 0 Å². The Morgan fingerprint density at radius 1 is 1.42 bits per heavy atom. The molecular formula is C16H21N3O5. The SMILES string of the molecule is CCCCCC(=O)Oc1c2n(ccc1=O)N[C@@H]1COCCN1C2=O. The molecule has 0 aromatic carbocycles. The fourth-order valence-electron chi connectivity index (χ4n) is 2.86. The molecule has 1 N–H and O–H groups in total. The number of amides is 1. The van der Waals surface area contributed by atoms with Gasteiger partial charge in [-0.05, 0) is 6.42 Å². The topological polar surface area (TPSA) is 89.9 Å². The Kier molecular flexibility index (Phi) is 4.84. The van der Waals surface area contributed by atoms with Crippen LogP contribution in [0.2, 0.25) is 0 Å². The first kappa shape index (κ1) is 16.5. The number of fused-ring (bicyclic) bond motifs is 2. The van der Waals surface area contributed by atoms with Gasteiger partial charge in [-0.15, -0.1) is 0 Å². The monoisotopic (exact) mass is 335 g/mol. The fraction of sp³-hybridized carbons (Fsp3) is 0.562. The summed E-state index contributed by atoms with van der Waals surface area (Å²) >= 11 is 0. The van der Waals surface area contributed by atoms with Crippen molar-refractivity contribution in [1.82, 2.24) is 9.58 Å². The summed E-state index contributed by atoms with van der Waals surface area (Å²) in [5.41, 5.74) is 2.67. The maximum atomic E-state index is 12.7. The van der Waals surface area contributed by atoms with E-state index in [-0.39, 0.29) is 29.9 Å². The van der Waals surface area contributed by atoms with Gasteiger partial charge in [0.2, 0.25) is 11.2 Å². The quantitative estimate of drug-likeness (QED) is 0.629. The number of esters is 1. The van der Waals surface area contributed by atoms with Gasteiger partial charge in [0.1, 0.15) is 6.17 Å². The summed E-state index contributed by atoms with van der Waals surface area (Å²) in [6, 6.07) is 1.28. The van der Waals surface area contributed by atoms with E-state index in [0.29, 0.717) is 26.2 Å². The van der Waals surface area contributed by atoms with Gasteiger partial charge < -0.3 is 19.8 Å². The molecule has 0 unspecified atom stereocenters. The number of nitrogens with zero attached hydrogens (tertiary/aromatic N) is 2. The number of unbranched alkanes of at least 4 members (excludes halogenated alkanes) is 2. The van der Waals surface area contributed by atoms with Crippen LogP contribution < -0.4 is 15.6 Å². The van der Waals surface area contributed by atoms with Crippen molar-refractivity contribution >= 4 is 11.9 Å². The number of hydrogen-bond donors (Lipinski definition) is 1. The molecule has 1 atom stereocenters. The van der Waals surface area contributed by atoms with Crippen LogP contribution in [0.1, 0.15) is 43.1 Å². The molecule has 3 rings (SSSR count). The Bertz CT molecular complexity index is 699. The van der Waals surface area contributed by atoms with Crippen LogP contribution in [0.5, 0.6) is 5.75 Å². The number of rotatable bonds is 5. The summed E-state index contributed by atoms with van der Waals surface area (Å²) in [6.45, 7) is 3.26. The van der Waals surface area contributed by atoms with Crippen molar-refractivity contribution in [1.29, 1.82) is 0 Å². The van der Waals surface area contributed by atoms with Gasteiger partial charge in [-0.25, -0.2) is 0 Å². The van der Waals surface area contributed by atoms with E-state index in [2.05, 4.69) is 5.43 Å². The Labute approximate surface area is 139 Å². The van der Waals surface area contributed by atoms with E-state index >= 15 is 0 Å². The van der Waals surface area contributed by atoms with Crippen LogP contribution in [0.3, 0.4) is 0 Å². The maximum Gasteiger partial charge on any atom is 0.311 e. The second-order valence-electron chi connectivity index (χ2n) is 5.88. The molecule has 8 nitrogen and oxygen atoms in total. The summed E-state index contributed by atoms with van der Waals surface area (Å²) in [6.07, 6.45) is 3.99. The van der Waals surface area contributed by atoms with Gasteiger partial charge in [-0.1, -0.05) is 19.8 Å². The van der Waals surface area contributed by atoms with E-state index < -0.39 is 11.4 Å². The van der Waals surface area contributed by atoms with Gasteiger partial charge in [0.15, 0.2) is 5.69 Å². The second kappa shape index (κ2) is 7.04. The first-order valence-corrected chi connectivity index (χ1v) is 8.23. The van der Waals surface area contributed by atoms with Crippen molar-refractivity contribution in [3.8, 4) is 5.75 Å². The van der Waals surface area contributed by atoms with E-state index in [9.17, 15) is 14.4 Å². The van der Waals surface area contributed by atoms with Gasteiger partial charge in [-0.2, -0.15) is 0 Å². The number of nitrogens with one attached hydrogen (secondary N) is 1. The minimum Gasteiger partial charge on any atom is -0.420 e. The molecule has 2 aliphatic heterocycles. The molecule has 1 saturated heterocycles. The Morgan fingerprint density at radius 2 is 2.25 bits per heavy atom. The predicted octanol–water partition coefficient (Wildman–Crippen LogP) is 0.690. The zero-order valence-electron chi connectivity index (χ0n) is 13.6. The average molecular weight is 335 g/mol. The van der Waals surface area contributed by atoms with E-state index in [4.69, 9.17) is 9.47 Å². The molecule has 8 heteroatoms. The summed E-state index contributed by atoms with van der Waals surface area (Å²) in [7, 11) is 0. The number of ether oxygens (including phenoxy) is 2. The molecule has 1 aromatic rings. The lowest BCUT2D eigenvalue weighted by molar-refractivity contribution is -0.134. The van der Waals surface area contributed by atoms with Gasteiger partial charge in [-0.3, -0.25) is 19.1 Å². The van der Waals surface area contributed by atoms with Crippen molar-refractivity contribution in [2.75, 3.05) is 25.2 Å². The number of carbonyl (C=O) groups excluding carboxylic acids is 2. The zero-order chi connectivity index (χ0) is 17.1. The van der Waals surface area contributed by atoms with Crippen molar-refractivity contribution in [2.45, 2.75) is 38.8 Å². The van der Waals surface area contributed by atoms with E-state index in [1.807, 2.05) is 6.92 Å². The standard InChI is InChI=1S/C16H21N3O5/c1-2-3-4-5-13(21)24-15-11(20)6-7-19-14(15)16(22)18-8-9-23-10-12(18)17-19/h6-7,12,17H,2-5,8-10H2,1H3/t12-/m0/s1. The molecule has 24 heavy (non-hydrogen) atoms. The fourth-order valence-corrected chi connectivity index (χ4v) is 2.86. The minimum absolute atomic E-state index is 0.0597. The largest absolute Gasteiger partial charge is 0.420 e. The van der Waals surface area contributed by atoms with Crippen molar-refractivity contribution < 1.29 is 19.1 Å². The van der Waals surface area contributed by atoms with Crippen LogP contribution in [0.15, 0.2) is 17.1 Å². The van der Waals surface area contributed by atoms with Crippen LogP contribution in [0.4, 0.5) is 0 Å². The van der Waals surface area contributed by atoms with Gasteiger partial charge in [0.05, 0.1) is 13.2 Å². The normalized spacial score (nSPS) is 19.3. The highest BCUT2D eigenvalue weighted by molar-refractivity contribution is 5.97. The molecule has 1 fully saturated rings. The lowest BCUT2D eigenvalue weighted by Crippen LogP contribution is -2.59. The zero-order valence-corrected chi connectivity index (χ0v) is 13.6. The summed E-state index contributed by atoms with van der Waals surface area (Å²) < 4.78 is 12.0. The van der Waals surface area contributed by atoms with Gasteiger partial charge >= 0.3 is 5.97 Å². The molecular weight excluding hydrogens is 314 g/mol. The van der Waals surface area contributed by atoms with Crippen LogP contribution in [-0.4, -0.2) is 47.4 Å². The molecule has 1 aromatic heterocycles. The van der Waals surface area contributed by atoms with Crippen LogP contribution in [-0.2, 0) is 9.53 Å². The van der Waals surface area contributed by atoms with E-state index in [1.54, 1.807) is 4.90 Å². The predicted molar refractivity (Wildman–Crippen MR) is 85.5 cm³/mol. The van der Waals surface area contributed by atoms with Crippen LogP contribution >= 0.6 is 0 Å². The Morgan fingerprint density at radius 3 is 3.04 bits per heavy atom. The van der Waals surface area contributed by atoms with Crippen molar-refractivity contribution in [2.24, 2.45) is 0 Å². The van der Waals surface area contributed by atoms with Gasteiger partial charge in [0, 0.05) is 25.2 Å². The smallest absolute Gasteiger partial charge is 0.311 e. The van der Waals surface area contributed by atoms with Gasteiger partial charge in [0.25, 0.3) is 5.91 Å². The molecule has 2 aliphatic rings. The summed E-state index contributed by atoms with van der Waals surface area (Å²) in [4.78, 5) is 38.5. The van der Waals surface area contributed by atoms with Crippen LogP contribution in [0, 0.1) is 0 Å². The number of carbonyl (C=O) groups is 2. The molecule has 3 heterocycles. The molecule has 0 radical (unpaired) electrons. The summed E-state index contributed by atoms with van der Waals surface area (Å²) in [5.74, 6) is -1.04. The maximum absolute atomic E-state index is 12.7. The lowest BCUT2D eigenvalue weighted by Gasteiger charge is -2.41. The Hall–Kier alpha value is -2.35. The lowest BCUT2D eigenvalue weighted by atomic mass is 10.2. The Balaban J connectivity index is 1.87. The molecule has 0 aliphatic carbocycles. The third-order valence-corrected chi connectivity index (χ3v) is 4.14.